The van der Waals surface area contributed by atoms with E-state index in [9.17, 15) is 19.7 Å². The standard InChI is InChI=1S/C31H31N7O9/c1-4-44-31-32-26-11-7-10-25(30(40)46-20(3)45-27(39)18-43-17-19(2)47-38(41)42)28(26)37(31)16-21-12-14-22(15-13-21)23-8-5-6-9-24(23)29-33-35-36-34-29/h5-15,19-20H,4,16-18H2,1-3H3,(H,33,34,35,36)/t19-,20?/m0/s1. The summed E-state index contributed by atoms with van der Waals surface area (Å²) < 4.78 is 23.3. The summed E-state index contributed by atoms with van der Waals surface area (Å²) in [5.41, 5.74) is 4.82. The average Bonchev–Trinajstić information content (AvgIpc) is 3.70. The first-order valence-electron chi connectivity index (χ1n) is 14.6. The number of imidazole rings is 1. The summed E-state index contributed by atoms with van der Waals surface area (Å²) in [5.74, 6) is -1.09. The Balaban J connectivity index is 1.32. The maximum Gasteiger partial charge on any atom is 0.343 e. The highest BCUT2D eigenvalue weighted by Crippen LogP contribution is 2.31. The van der Waals surface area contributed by atoms with E-state index in [0.29, 0.717) is 36.0 Å². The average molecular weight is 646 g/mol. The topological polar surface area (TPSA) is 196 Å². The molecule has 16 heteroatoms. The summed E-state index contributed by atoms with van der Waals surface area (Å²) >= 11 is 0. The van der Waals surface area contributed by atoms with Gasteiger partial charge in [-0.3, -0.25) is 4.57 Å². The Labute approximate surface area is 267 Å². The number of hydrogen-bond acceptors (Lipinski definition) is 13. The molecule has 5 rings (SSSR count). The molecular weight excluding hydrogens is 614 g/mol. The van der Waals surface area contributed by atoms with E-state index in [4.69, 9.17) is 18.9 Å². The number of nitrogens with zero attached hydrogens (tertiary/aromatic N) is 6. The molecule has 0 saturated carbocycles. The molecule has 0 amide bonds. The van der Waals surface area contributed by atoms with Crippen LogP contribution in [0.4, 0.5) is 0 Å². The third-order valence-electron chi connectivity index (χ3n) is 6.75. The molecule has 0 aliphatic carbocycles. The largest absolute Gasteiger partial charge is 0.465 e. The number of rotatable bonds is 15. The van der Waals surface area contributed by atoms with Crippen LogP contribution in [0.15, 0.2) is 66.7 Å². The Morgan fingerprint density at radius 1 is 1.00 bits per heavy atom. The van der Waals surface area contributed by atoms with Crippen molar-refractivity contribution in [3.05, 3.63) is 88.0 Å². The number of hydrogen-bond donors (Lipinski definition) is 1. The predicted octanol–water partition coefficient (Wildman–Crippen LogP) is 3.99. The van der Waals surface area contributed by atoms with Crippen molar-refractivity contribution in [1.82, 2.24) is 30.2 Å². The highest BCUT2D eigenvalue weighted by Gasteiger charge is 2.23. The highest BCUT2D eigenvalue weighted by molar-refractivity contribution is 6.02. The van der Waals surface area contributed by atoms with E-state index in [-0.39, 0.29) is 12.2 Å². The van der Waals surface area contributed by atoms with E-state index in [1.165, 1.54) is 13.8 Å². The Bertz CT molecular complexity index is 1840. The van der Waals surface area contributed by atoms with E-state index in [1.807, 2.05) is 55.5 Å². The van der Waals surface area contributed by atoms with Gasteiger partial charge in [0.2, 0.25) is 12.1 Å². The maximum absolute atomic E-state index is 13.3. The van der Waals surface area contributed by atoms with E-state index in [2.05, 4.69) is 30.4 Å². The molecule has 47 heavy (non-hydrogen) atoms. The molecule has 2 atom stereocenters. The lowest BCUT2D eigenvalue weighted by Crippen LogP contribution is -2.26. The van der Waals surface area contributed by atoms with Crippen LogP contribution in [0.3, 0.4) is 0 Å². The second-order valence-corrected chi connectivity index (χ2v) is 10.2. The molecule has 0 aliphatic rings. The van der Waals surface area contributed by atoms with Gasteiger partial charge in [0.15, 0.2) is 0 Å². The normalized spacial score (nSPS) is 12.3. The summed E-state index contributed by atoms with van der Waals surface area (Å²) in [6.45, 7) is 4.57. The fraction of sp³-hybridized carbons (Fsp3) is 0.290. The number of ether oxygens (including phenoxy) is 4. The van der Waals surface area contributed by atoms with Crippen LogP contribution in [-0.2, 0) is 30.4 Å². The molecule has 0 bridgehead atoms. The quantitative estimate of drug-likeness (QED) is 0.0743. The summed E-state index contributed by atoms with van der Waals surface area (Å²) in [4.78, 5) is 44.8. The smallest absolute Gasteiger partial charge is 0.343 e. The number of para-hydroxylation sites is 1. The Morgan fingerprint density at radius 3 is 2.47 bits per heavy atom. The van der Waals surface area contributed by atoms with Crippen LogP contribution in [0.5, 0.6) is 6.01 Å². The molecule has 1 N–H and O–H groups in total. The summed E-state index contributed by atoms with van der Waals surface area (Å²) in [7, 11) is 0. The molecule has 0 aliphatic heterocycles. The van der Waals surface area contributed by atoms with E-state index < -0.39 is 36.0 Å². The lowest BCUT2D eigenvalue weighted by atomic mass is 9.98. The first-order valence-corrected chi connectivity index (χ1v) is 14.6. The molecule has 2 aromatic heterocycles. The SMILES string of the molecule is CCOc1nc2cccc(C(=O)OC(C)OC(=O)COC[C@H](C)O[N+](=O)[O-])c2n1Cc1ccc(-c2ccccc2-c2nn[nH]n2)cc1. The number of aromatic amines is 1. The van der Waals surface area contributed by atoms with Crippen molar-refractivity contribution in [1.29, 1.82) is 0 Å². The van der Waals surface area contributed by atoms with Gasteiger partial charge in [0.25, 0.3) is 11.1 Å². The van der Waals surface area contributed by atoms with Gasteiger partial charge >= 0.3 is 11.9 Å². The third-order valence-corrected chi connectivity index (χ3v) is 6.75. The number of aromatic nitrogens is 6. The summed E-state index contributed by atoms with van der Waals surface area (Å²) in [6, 6.07) is 21.0. The zero-order chi connectivity index (χ0) is 33.3. The molecular formula is C31H31N7O9. The Morgan fingerprint density at radius 2 is 1.77 bits per heavy atom. The molecule has 3 aromatic carbocycles. The summed E-state index contributed by atoms with van der Waals surface area (Å²) in [6.07, 6.45) is -2.13. The first kappa shape index (κ1) is 32.5. The zero-order valence-corrected chi connectivity index (χ0v) is 25.7. The van der Waals surface area contributed by atoms with Crippen LogP contribution in [0.2, 0.25) is 0 Å². The van der Waals surface area contributed by atoms with Gasteiger partial charge in [0.1, 0.15) is 12.7 Å². The van der Waals surface area contributed by atoms with Crippen LogP contribution in [0.25, 0.3) is 33.5 Å². The second-order valence-electron chi connectivity index (χ2n) is 10.2. The predicted molar refractivity (Wildman–Crippen MR) is 164 cm³/mol. The molecule has 5 aromatic rings. The minimum absolute atomic E-state index is 0.191. The van der Waals surface area contributed by atoms with Crippen molar-refractivity contribution < 1.29 is 38.5 Å². The van der Waals surface area contributed by atoms with Crippen LogP contribution >= 0.6 is 0 Å². The van der Waals surface area contributed by atoms with Crippen LogP contribution in [0.1, 0.15) is 36.7 Å². The number of carbonyl (C=O) groups is 2. The minimum atomic E-state index is -1.26. The van der Waals surface area contributed by atoms with E-state index in [0.717, 1.165) is 22.3 Å². The highest BCUT2D eigenvalue weighted by atomic mass is 17.0. The van der Waals surface area contributed by atoms with Crippen LogP contribution in [0, 0.1) is 10.1 Å². The molecule has 0 saturated heterocycles. The number of benzene rings is 3. The van der Waals surface area contributed by atoms with Crippen molar-refractivity contribution in [3.63, 3.8) is 0 Å². The van der Waals surface area contributed by atoms with Gasteiger partial charge in [0.05, 0.1) is 36.4 Å². The van der Waals surface area contributed by atoms with E-state index >= 15 is 0 Å². The van der Waals surface area contributed by atoms with Crippen molar-refractivity contribution in [2.45, 2.75) is 39.7 Å². The van der Waals surface area contributed by atoms with Crippen molar-refractivity contribution in [2.75, 3.05) is 19.8 Å². The Hall–Kier alpha value is -5.90. The molecule has 0 fully saturated rings. The van der Waals surface area contributed by atoms with Gasteiger partial charge in [-0.25, -0.2) is 9.59 Å². The van der Waals surface area contributed by atoms with Gasteiger partial charge < -0.3 is 23.8 Å². The monoisotopic (exact) mass is 645 g/mol. The minimum Gasteiger partial charge on any atom is -0.465 e. The van der Waals surface area contributed by atoms with Gasteiger partial charge in [-0.2, -0.15) is 10.2 Å². The molecule has 1 unspecified atom stereocenters. The third kappa shape index (κ3) is 8.04. The number of nitrogens with one attached hydrogen (secondary N) is 1. The molecule has 0 spiro atoms. The molecule has 244 valence electrons. The number of H-pyrrole nitrogens is 1. The van der Waals surface area contributed by atoms with Crippen molar-refractivity contribution in [3.8, 4) is 28.5 Å². The van der Waals surface area contributed by atoms with Crippen LogP contribution < -0.4 is 4.74 Å². The molecule has 2 heterocycles. The van der Waals surface area contributed by atoms with Crippen LogP contribution in [-0.4, -0.2) is 79.4 Å². The number of esters is 2. The maximum atomic E-state index is 13.3. The van der Waals surface area contributed by atoms with Crippen molar-refractivity contribution >= 4 is 23.0 Å². The van der Waals surface area contributed by atoms with E-state index in [1.54, 1.807) is 22.8 Å². The van der Waals surface area contributed by atoms with Gasteiger partial charge in [-0.05, 0) is 47.9 Å². The number of carbonyl (C=O) groups excluding carboxylic acids is 2. The van der Waals surface area contributed by atoms with Gasteiger partial charge in [0, 0.05) is 12.5 Å². The Kier molecular flexibility index (Phi) is 10.3. The van der Waals surface area contributed by atoms with Gasteiger partial charge in [-0.15, -0.1) is 20.3 Å². The fourth-order valence-electron chi connectivity index (χ4n) is 4.84. The molecule has 16 nitrogen and oxygen atoms in total. The number of tetrazole rings is 1. The lowest BCUT2D eigenvalue weighted by molar-refractivity contribution is -0.768. The van der Waals surface area contributed by atoms with Crippen molar-refractivity contribution in [2.24, 2.45) is 0 Å². The second kappa shape index (κ2) is 14.9. The first-order chi connectivity index (χ1) is 22.7. The zero-order valence-electron chi connectivity index (χ0n) is 25.7. The molecule has 0 radical (unpaired) electrons. The fourth-order valence-corrected chi connectivity index (χ4v) is 4.84. The lowest BCUT2D eigenvalue weighted by Gasteiger charge is -2.16. The van der Waals surface area contributed by atoms with Gasteiger partial charge in [-0.1, -0.05) is 54.6 Å². The number of fused-ring (bicyclic) bond motifs is 1. The summed E-state index contributed by atoms with van der Waals surface area (Å²) in [5, 5.41) is 23.8.